The van der Waals surface area contributed by atoms with E-state index in [9.17, 15) is 13.2 Å². The minimum atomic E-state index is -4.38. The SMILES string of the molecule is CCCC1(c2ncc(C(F)(F)F)cc2Cl)CC1. The molecule has 0 aromatic carbocycles. The lowest BCUT2D eigenvalue weighted by Crippen LogP contribution is -2.12. The standard InChI is InChI=1S/C12H13ClF3N/c1-2-3-11(4-5-11)10-9(13)6-8(7-17-10)12(14,15)16/h6-7H,2-5H2,1H3. The van der Waals surface area contributed by atoms with Crippen LogP contribution in [0, 0.1) is 0 Å². The summed E-state index contributed by atoms with van der Waals surface area (Å²) >= 11 is 5.93. The number of rotatable bonds is 3. The average Bonchev–Trinajstić information content (AvgIpc) is 2.97. The quantitative estimate of drug-likeness (QED) is 0.777. The second-order valence-corrected chi connectivity index (χ2v) is 4.99. The molecule has 1 saturated carbocycles. The van der Waals surface area contributed by atoms with Crippen LogP contribution in [0.3, 0.4) is 0 Å². The Bertz CT molecular complexity index is 424. The van der Waals surface area contributed by atoms with Crippen molar-refractivity contribution in [1.29, 1.82) is 0 Å². The number of hydrogen-bond donors (Lipinski definition) is 0. The van der Waals surface area contributed by atoms with E-state index in [0.717, 1.165) is 37.9 Å². The van der Waals surface area contributed by atoms with Gasteiger partial charge in [0, 0.05) is 11.6 Å². The first-order valence-electron chi connectivity index (χ1n) is 5.62. The van der Waals surface area contributed by atoms with Crippen LogP contribution in [0.4, 0.5) is 13.2 Å². The highest BCUT2D eigenvalue weighted by Gasteiger charge is 2.46. The van der Waals surface area contributed by atoms with E-state index >= 15 is 0 Å². The highest BCUT2D eigenvalue weighted by molar-refractivity contribution is 6.31. The van der Waals surface area contributed by atoms with Crippen molar-refractivity contribution in [2.75, 3.05) is 0 Å². The summed E-state index contributed by atoms with van der Waals surface area (Å²) < 4.78 is 37.4. The molecule has 1 aromatic heterocycles. The van der Waals surface area contributed by atoms with E-state index in [0.29, 0.717) is 5.69 Å². The van der Waals surface area contributed by atoms with Crippen LogP contribution in [0.5, 0.6) is 0 Å². The van der Waals surface area contributed by atoms with Gasteiger partial charge in [-0.25, -0.2) is 0 Å². The number of aromatic nitrogens is 1. The van der Waals surface area contributed by atoms with E-state index in [-0.39, 0.29) is 10.4 Å². The fourth-order valence-corrected chi connectivity index (χ4v) is 2.58. The van der Waals surface area contributed by atoms with Crippen molar-refractivity contribution in [1.82, 2.24) is 4.98 Å². The molecule has 0 spiro atoms. The first-order chi connectivity index (χ1) is 7.89. The number of alkyl halides is 3. The Balaban J connectivity index is 2.33. The minimum Gasteiger partial charge on any atom is -0.259 e. The van der Waals surface area contributed by atoms with E-state index in [1.165, 1.54) is 0 Å². The van der Waals surface area contributed by atoms with Gasteiger partial charge in [0.25, 0.3) is 0 Å². The Hall–Kier alpha value is -0.770. The Labute approximate surface area is 103 Å². The molecule has 1 aromatic rings. The largest absolute Gasteiger partial charge is 0.417 e. The van der Waals surface area contributed by atoms with Crippen LogP contribution in [0.1, 0.15) is 43.9 Å². The molecule has 0 radical (unpaired) electrons. The van der Waals surface area contributed by atoms with Gasteiger partial charge >= 0.3 is 6.18 Å². The maximum atomic E-state index is 12.5. The van der Waals surface area contributed by atoms with Crippen LogP contribution in [-0.4, -0.2) is 4.98 Å². The Morgan fingerprint density at radius 1 is 1.41 bits per heavy atom. The second-order valence-electron chi connectivity index (χ2n) is 4.58. The Morgan fingerprint density at radius 3 is 2.47 bits per heavy atom. The number of halogens is 4. The molecule has 0 aliphatic heterocycles. The number of pyridine rings is 1. The third kappa shape index (κ3) is 2.41. The maximum Gasteiger partial charge on any atom is 0.417 e. The first-order valence-corrected chi connectivity index (χ1v) is 6.00. The molecule has 2 rings (SSSR count). The van der Waals surface area contributed by atoms with E-state index in [4.69, 9.17) is 11.6 Å². The lowest BCUT2D eigenvalue weighted by atomic mass is 9.95. The van der Waals surface area contributed by atoms with Crippen LogP contribution in [0.2, 0.25) is 5.02 Å². The van der Waals surface area contributed by atoms with Gasteiger partial charge in [-0.15, -0.1) is 0 Å². The van der Waals surface area contributed by atoms with Crippen molar-refractivity contribution in [3.05, 3.63) is 28.5 Å². The molecule has 94 valence electrons. The van der Waals surface area contributed by atoms with Gasteiger partial charge in [0.2, 0.25) is 0 Å². The third-order valence-electron chi connectivity index (χ3n) is 3.25. The Morgan fingerprint density at radius 2 is 2.06 bits per heavy atom. The summed E-state index contributed by atoms with van der Waals surface area (Å²) in [5, 5.41) is 0.144. The topological polar surface area (TPSA) is 12.9 Å². The zero-order valence-electron chi connectivity index (χ0n) is 9.44. The molecule has 1 aliphatic carbocycles. The van der Waals surface area contributed by atoms with Gasteiger partial charge in [-0.2, -0.15) is 13.2 Å². The third-order valence-corrected chi connectivity index (χ3v) is 3.54. The molecule has 0 saturated heterocycles. The monoisotopic (exact) mass is 263 g/mol. The van der Waals surface area contributed by atoms with Crippen LogP contribution < -0.4 is 0 Å². The molecule has 0 atom stereocenters. The van der Waals surface area contributed by atoms with Gasteiger partial charge in [0.1, 0.15) is 0 Å². The summed E-state index contributed by atoms with van der Waals surface area (Å²) in [6.07, 6.45) is 0.371. The minimum absolute atomic E-state index is 0.0596. The molecule has 0 N–H and O–H groups in total. The van der Waals surface area contributed by atoms with Gasteiger partial charge in [-0.1, -0.05) is 24.9 Å². The number of hydrogen-bond acceptors (Lipinski definition) is 1. The predicted molar refractivity (Wildman–Crippen MR) is 60.1 cm³/mol. The second kappa shape index (κ2) is 4.16. The summed E-state index contributed by atoms with van der Waals surface area (Å²) in [6, 6.07) is 0.986. The Kier molecular flexibility index (Phi) is 3.10. The van der Waals surface area contributed by atoms with Crippen LogP contribution in [0.15, 0.2) is 12.3 Å². The summed E-state index contributed by atoms with van der Waals surface area (Å²) in [6.45, 7) is 2.05. The average molecular weight is 264 g/mol. The lowest BCUT2D eigenvalue weighted by molar-refractivity contribution is -0.137. The van der Waals surface area contributed by atoms with Gasteiger partial charge in [-0.3, -0.25) is 4.98 Å². The molecule has 0 unspecified atom stereocenters. The van der Waals surface area contributed by atoms with Crippen LogP contribution in [-0.2, 0) is 11.6 Å². The van der Waals surface area contributed by atoms with Gasteiger partial charge in [0.15, 0.2) is 0 Å². The van der Waals surface area contributed by atoms with Crippen LogP contribution >= 0.6 is 11.6 Å². The van der Waals surface area contributed by atoms with Gasteiger partial charge in [0.05, 0.1) is 16.3 Å². The van der Waals surface area contributed by atoms with Gasteiger partial charge < -0.3 is 0 Å². The summed E-state index contributed by atoms with van der Waals surface area (Å²) in [4.78, 5) is 3.95. The molecule has 0 amide bonds. The van der Waals surface area contributed by atoms with Crippen molar-refractivity contribution in [3.63, 3.8) is 0 Å². The van der Waals surface area contributed by atoms with Crippen molar-refractivity contribution < 1.29 is 13.2 Å². The number of nitrogens with zero attached hydrogens (tertiary/aromatic N) is 1. The smallest absolute Gasteiger partial charge is 0.259 e. The fourth-order valence-electron chi connectivity index (χ4n) is 2.22. The predicted octanol–water partition coefficient (Wildman–Crippen LogP) is 4.59. The summed E-state index contributed by atoms with van der Waals surface area (Å²) in [7, 11) is 0. The highest BCUT2D eigenvalue weighted by atomic mass is 35.5. The molecule has 0 bridgehead atoms. The zero-order chi connectivity index (χ0) is 12.7. The van der Waals surface area contributed by atoms with Crippen molar-refractivity contribution >= 4 is 11.6 Å². The van der Waals surface area contributed by atoms with Crippen LogP contribution in [0.25, 0.3) is 0 Å². The highest BCUT2D eigenvalue weighted by Crippen LogP contribution is 2.53. The van der Waals surface area contributed by atoms with Crippen molar-refractivity contribution in [3.8, 4) is 0 Å². The maximum absolute atomic E-state index is 12.5. The van der Waals surface area contributed by atoms with E-state index in [2.05, 4.69) is 11.9 Å². The molecule has 1 heterocycles. The zero-order valence-corrected chi connectivity index (χ0v) is 10.2. The molecular formula is C12H13ClF3N. The van der Waals surface area contributed by atoms with E-state index in [1.807, 2.05) is 0 Å². The fraction of sp³-hybridized carbons (Fsp3) is 0.583. The molecular weight excluding hydrogens is 251 g/mol. The molecule has 1 fully saturated rings. The molecule has 5 heteroatoms. The van der Waals surface area contributed by atoms with E-state index in [1.54, 1.807) is 0 Å². The van der Waals surface area contributed by atoms with Gasteiger partial charge in [-0.05, 0) is 25.3 Å². The lowest BCUT2D eigenvalue weighted by Gasteiger charge is -2.16. The van der Waals surface area contributed by atoms with Crippen molar-refractivity contribution in [2.45, 2.75) is 44.2 Å². The summed E-state index contributed by atoms with van der Waals surface area (Å²) in [5.74, 6) is 0. The molecule has 1 aliphatic rings. The van der Waals surface area contributed by atoms with Crippen molar-refractivity contribution in [2.24, 2.45) is 0 Å². The van der Waals surface area contributed by atoms with E-state index < -0.39 is 11.7 Å². The first kappa shape index (κ1) is 12.7. The molecule has 1 nitrogen and oxygen atoms in total. The normalized spacial score (nSPS) is 18.2. The summed E-state index contributed by atoms with van der Waals surface area (Å²) in [5.41, 5.74) is -0.205. The molecule has 17 heavy (non-hydrogen) atoms.